The Bertz CT molecular complexity index is 469. The molecule has 0 aromatic carbocycles. The molecule has 2 rings (SSSR count). The lowest BCUT2D eigenvalue weighted by atomic mass is 9.89. The molecular formula is C16H28N4O. The zero-order valence-electron chi connectivity index (χ0n) is 13.6. The Morgan fingerprint density at radius 1 is 1.57 bits per heavy atom. The average Bonchev–Trinajstić information content (AvgIpc) is 2.89. The van der Waals surface area contributed by atoms with E-state index in [4.69, 9.17) is 0 Å². The van der Waals surface area contributed by atoms with E-state index in [1.165, 1.54) is 5.56 Å². The fraction of sp³-hybridized carbons (Fsp3) is 0.750. The SMILES string of the molecule is CC[C@H]1CN(C(=O)C(C)C)CC[C@H]1NCc1cn[nH]c1C. The lowest BCUT2D eigenvalue weighted by Gasteiger charge is -2.39. The van der Waals surface area contributed by atoms with E-state index in [0.717, 1.165) is 38.2 Å². The molecule has 0 spiro atoms. The van der Waals surface area contributed by atoms with Crippen LogP contribution in [0.15, 0.2) is 6.20 Å². The van der Waals surface area contributed by atoms with Crippen LogP contribution in [0.5, 0.6) is 0 Å². The molecular weight excluding hydrogens is 264 g/mol. The van der Waals surface area contributed by atoms with Crippen LogP contribution in [0.4, 0.5) is 0 Å². The number of hydrogen-bond acceptors (Lipinski definition) is 3. The summed E-state index contributed by atoms with van der Waals surface area (Å²) in [7, 11) is 0. The molecule has 0 saturated carbocycles. The number of aryl methyl sites for hydroxylation is 1. The molecule has 1 saturated heterocycles. The number of H-pyrrole nitrogens is 1. The maximum atomic E-state index is 12.1. The highest BCUT2D eigenvalue weighted by atomic mass is 16.2. The lowest BCUT2D eigenvalue weighted by Crippen LogP contribution is -2.51. The number of rotatable bonds is 5. The minimum Gasteiger partial charge on any atom is -0.342 e. The summed E-state index contributed by atoms with van der Waals surface area (Å²) in [6.45, 7) is 10.8. The highest BCUT2D eigenvalue weighted by Crippen LogP contribution is 2.22. The molecule has 5 nitrogen and oxygen atoms in total. The Balaban J connectivity index is 1.90. The van der Waals surface area contributed by atoms with Gasteiger partial charge in [-0.25, -0.2) is 0 Å². The zero-order valence-corrected chi connectivity index (χ0v) is 13.6. The molecule has 1 fully saturated rings. The van der Waals surface area contributed by atoms with Crippen molar-refractivity contribution >= 4 is 5.91 Å². The van der Waals surface area contributed by atoms with Crippen LogP contribution in [0.3, 0.4) is 0 Å². The van der Waals surface area contributed by atoms with Crippen molar-refractivity contribution in [3.05, 3.63) is 17.5 Å². The summed E-state index contributed by atoms with van der Waals surface area (Å²) in [5.41, 5.74) is 2.36. The highest BCUT2D eigenvalue weighted by molar-refractivity contribution is 5.78. The number of aromatic nitrogens is 2. The summed E-state index contributed by atoms with van der Waals surface area (Å²) in [4.78, 5) is 14.2. The number of hydrogen-bond donors (Lipinski definition) is 2. The van der Waals surface area contributed by atoms with Crippen molar-refractivity contribution in [2.75, 3.05) is 13.1 Å². The van der Waals surface area contributed by atoms with Gasteiger partial charge in [-0.1, -0.05) is 27.2 Å². The first-order valence-corrected chi connectivity index (χ1v) is 8.04. The minimum absolute atomic E-state index is 0.0978. The standard InChI is InChI=1S/C16H28N4O/c1-5-13-10-20(16(21)11(2)3)7-6-15(13)17-8-14-9-18-19-12(14)4/h9,11,13,15,17H,5-8,10H2,1-4H3,(H,18,19)/t13-,15+/m0/s1. The second kappa shape index (κ2) is 7.07. The largest absolute Gasteiger partial charge is 0.342 e. The molecule has 2 heterocycles. The lowest BCUT2D eigenvalue weighted by molar-refractivity contribution is -0.136. The average molecular weight is 292 g/mol. The maximum absolute atomic E-state index is 12.1. The Morgan fingerprint density at radius 2 is 2.33 bits per heavy atom. The van der Waals surface area contributed by atoms with Gasteiger partial charge in [-0.3, -0.25) is 9.89 Å². The van der Waals surface area contributed by atoms with E-state index >= 15 is 0 Å². The summed E-state index contributed by atoms with van der Waals surface area (Å²) >= 11 is 0. The fourth-order valence-electron chi connectivity index (χ4n) is 3.07. The zero-order chi connectivity index (χ0) is 15.4. The number of aromatic amines is 1. The number of amides is 1. The third kappa shape index (κ3) is 3.84. The van der Waals surface area contributed by atoms with Crippen LogP contribution in [0.25, 0.3) is 0 Å². The molecule has 1 aliphatic rings. The summed E-state index contributed by atoms with van der Waals surface area (Å²) in [5.74, 6) is 0.923. The van der Waals surface area contributed by atoms with Crippen LogP contribution < -0.4 is 5.32 Å². The number of carbonyl (C=O) groups is 1. The monoisotopic (exact) mass is 292 g/mol. The molecule has 118 valence electrons. The van der Waals surface area contributed by atoms with Crippen molar-refractivity contribution in [1.29, 1.82) is 0 Å². The van der Waals surface area contributed by atoms with Gasteiger partial charge < -0.3 is 10.2 Å². The first kappa shape index (κ1) is 16.0. The number of nitrogens with one attached hydrogen (secondary N) is 2. The van der Waals surface area contributed by atoms with Crippen molar-refractivity contribution in [3.63, 3.8) is 0 Å². The Labute approximate surface area is 127 Å². The normalized spacial score (nSPS) is 22.8. The Kier molecular flexibility index (Phi) is 5.39. The van der Waals surface area contributed by atoms with Crippen molar-refractivity contribution in [2.45, 2.75) is 53.1 Å². The molecule has 1 amide bonds. The van der Waals surface area contributed by atoms with Gasteiger partial charge in [0.15, 0.2) is 0 Å². The molecule has 5 heteroatoms. The van der Waals surface area contributed by atoms with Gasteiger partial charge in [-0.15, -0.1) is 0 Å². The number of likely N-dealkylation sites (tertiary alicyclic amines) is 1. The van der Waals surface area contributed by atoms with Crippen molar-refractivity contribution < 1.29 is 4.79 Å². The summed E-state index contributed by atoms with van der Waals surface area (Å²) in [6.07, 6.45) is 4.03. The van der Waals surface area contributed by atoms with E-state index in [1.54, 1.807) is 0 Å². The molecule has 0 aliphatic carbocycles. The second-order valence-electron chi connectivity index (χ2n) is 6.40. The van der Waals surface area contributed by atoms with E-state index in [2.05, 4.69) is 22.4 Å². The number of carbonyl (C=O) groups excluding carboxylic acids is 1. The van der Waals surface area contributed by atoms with Gasteiger partial charge in [-0.05, 0) is 19.3 Å². The van der Waals surface area contributed by atoms with Gasteiger partial charge in [0.05, 0.1) is 6.20 Å². The Morgan fingerprint density at radius 3 is 2.90 bits per heavy atom. The summed E-state index contributed by atoms with van der Waals surface area (Å²) < 4.78 is 0. The van der Waals surface area contributed by atoms with Crippen LogP contribution in [0.1, 0.15) is 44.9 Å². The van der Waals surface area contributed by atoms with E-state index < -0.39 is 0 Å². The topological polar surface area (TPSA) is 61.0 Å². The van der Waals surface area contributed by atoms with Gasteiger partial charge in [0.2, 0.25) is 5.91 Å². The number of piperidine rings is 1. The van der Waals surface area contributed by atoms with E-state index in [9.17, 15) is 4.79 Å². The van der Waals surface area contributed by atoms with E-state index in [-0.39, 0.29) is 11.8 Å². The van der Waals surface area contributed by atoms with E-state index in [1.807, 2.05) is 31.9 Å². The van der Waals surface area contributed by atoms with Crippen LogP contribution in [0, 0.1) is 18.8 Å². The van der Waals surface area contributed by atoms with E-state index in [0.29, 0.717) is 12.0 Å². The van der Waals surface area contributed by atoms with Gasteiger partial charge in [0.1, 0.15) is 0 Å². The predicted octanol–water partition coefficient (Wildman–Crippen LogP) is 2.09. The first-order chi connectivity index (χ1) is 10.0. The predicted molar refractivity (Wildman–Crippen MR) is 83.8 cm³/mol. The molecule has 0 unspecified atom stereocenters. The van der Waals surface area contributed by atoms with Gasteiger partial charge in [0.25, 0.3) is 0 Å². The molecule has 2 atom stereocenters. The maximum Gasteiger partial charge on any atom is 0.225 e. The molecule has 1 aliphatic heterocycles. The molecule has 0 bridgehead atoms. The molecule has 1 aromatic rings. The summed E-state index contributed by atoms with van der Waals surface area (Å²) in [5, 5.41) is 10.7. The minimum atomic E-state index is 0.0978. The van der Waals surface area contributed by atoms with Crippen molar-refractivity contribution in [1.82, 2.24) is 20.4 Å². The van der Waals surface area contributed by atoms with Crippen LogP contribution >= 0.6 is 0 Å². The summed E-state index contributed by atoms with van der Waals surface area (Å²) in [6, 6.07) is 0.487. The third-order valence-electron chi connectivity index (χ3n) is 4.55. The Hall–Kier alpha value is -1.36. The van der Waals surface area contributed by atoms with Gasteiger partial charge >= 0.3 is 0 Å². The second-order valence-corrected chi connectivity index (χ2v) is 6.40. The van der Waals surface area contributed by atoms with Crippen molar-refractivity contribution in [3.8, 4) is 0 Å². The molecule has 21 heavy (non-hydrogen) atoms. The molecule has 2 N–H and O–H groups in total. The number of nitrogens with zero attached hydrogens (tertiary/aromatic N) is 2. The highest BCUT2D eigenvalue weighted by Gasteiger charge is 2.30. The molecule has 0 radical (unpaired) electrons. The van der Waals surface area contributed by atoms with Gasteiger partial charge in [-0.2, -0.15) is 5.10 Å². The van der Waals surface area contributed by atoms with Gasteiger partial charge in [0, 0.05) is 42.9 Å². The van der Waals surface area contributed by atoms with Crippen molar-refractivity contribution in [2.24, 2.45) is 11.8 Å². The molecule has 1 aromatic heterocycles. The third-order valence-corrected chi connectivity index (χ3v) is 4.55. The van der Waals surface area contributed by atoms with Crippen LogP contribution in [-0.2, 0) is 11.3 Å². The fourth-order valence-corrected chi connectivity index (χ4v) is 3.07. The quantitative estimate of drug-likeness (QED) is 0.873. The smallest absolute Gasteiger partial charge is 0.225 e. The van der Waals surface area contributed by atoms with Crippen LogP contribution in [0.2, 0.25) is 0 Å². The first-order valence-electron chi connectivity index (χ1n) is 8.04. The van der Waals surface area contributed by atoms with Crippen LogP contribution in [-0.4, -0.2) is 40.1 Å².